The van der Waals surface area contributed by atoms with Crippen molar-refractivity contribution in [3.63, 3.8) is 0 Å². The number of hydrogen-bond acceptors (Lipinski definition) is 2. The fourth-order valence-corrected chi connectivity index (χ4v) is 5.41. The summed E-state index contributed by atoms with van der Waals surface area (Å²) >= 11 is 0. The van der Waals surface area contributed by atoms with E-state index in [0.29, 0.717) is 5.92 Å². The third-order valence-corrected chi connectivity index (χ3v) is 7.16. The molecule has 0 N–H and O–H groups in total. The molecule has 1 aromatic carbocycles. The van der Waals surface area contributed by atoms with Gasteiger partial charge in [0.1, 0.15) is 0 Å². The SMILES string of the molecule is CC(=O)N(Cc1c(CN2CCCCC2)c2ccccc2n1C)CC1CCCCC1.Cl. The third-order valence-electron chi connectivity index (χ3n) is 7.16. The second kappa shape index (κ2) is 10.7. The molecule has 4 nitrogen and oxygen atoms in total. The molecule has 30 heavy (non-hydrogen) atoms. The molecule has 0 bridgehead atoms. The van der Waals surface area contributed by atoms with Crippen LogP contribution in [0.15, 0.2) is 24.3 Å². The molecule has 2 aromatic rings. The highest BCUT2D eigenvalue weighted by Gasteiger charge is 2.24. The zero-order valence-corrected chi connectivity index (χ0v) is 19.6. The highest BCUT2D eigenvalue weighted by atomic mass is 35.5. The topological polar surface area (TPSA) is 28.5 Å². The molecule has 1 amide bonds. The molecule has 1 saturated heterocycles. The molecule has 2 aliphatic rings. The summed E-state index contributed by atoms with van der Waals surface area (Å²) in [5.74, 6) is 0.887. The summed E-state index contributed by atoms with van der Waals surface area (Å²) in [4.78, 5) is 17.3. The smallest absolute Gasteiger partial charge is 0.219 e. The summed E-state index contributed by atoms with van der Waals surface area (Å²) in [5, 5.41) is 1.36. The fourth-order valence-electron chi connectivity index (χ4n) is 5.41. The Hall–Kier alpha value is -1.52. The van der Waals surface area contributed by atoms with E-state index in [9.17, 15) is 4.79 Å². The van der Waals surface area contributed by atoms with E-state index in [1.54, 1.807) is 6.92 Å². The highest BCUT2D eigenvalue weighted by Crippen LogP contribution is 2.30. The predicted octanol–water partition coefficient (Wildman–Crippen LogP) is 5.51. The van der Waals surface area contributed by atoms with Crippen LogP contribution in [0, 0.1) is 5.92 Å². The molecule has 4 rings (SSSR count). The van der Waals surface area contributed by atoms with Gasteiger partial charge in [-0.25, -0.2) is 0 Å². The lowest BCUT2D eigenvalue weighted by Gasteiger charge is -2.30. The Morgan fingerprint density at radius 2 is 1.70 bits per heavy atom. The van der Waals surface area contributed by atoms with E-state index in [2.05, 4.69) is 45.7 Å². The van der Waals surface area contributed by atoms with Crippen molar-refractivity contribution in [3.8, 4) is 0 Å². The minimum absolute atomic E-state index is 0. The van der Waals surface area contributed by atoms with Crippen molar-refractivity contribution in [1.29, 1.82) is 0 Å². The number of likely N-dealkylation sites (tertiary alicyclic amines) is 1. The van der Waals surface area contributed by atoms with E-state index in [4.69, 9.17) is 0 Å². The zero-order valence-electron chi connectivity index (χ0n) is 18.7. The first-order valence-corrected chi connectivity index (χ1v) is 11.7. The molecule has 5 heteroatoms. The molecule has 0 atom stereocenters. The van der Waals surface area contributed by atoms with Gasteiger partial charge in [-0.3, -0.25) is 9.69 Å². The summed E-state index contributed by atoms with van der Waals surface area (Å²) in [7, 11) is 2.18. The Balaban J connectivity index is 0.00000256. The lowest BCUT2D eigenvalue weighted by atomic mass is 9.89. The maximum atomic E-state index is 12.6. The minimum Gasteiger partial charge on any atom is -0.346 e. The summed E-state index contributed by atoms with van der Waals surface area (Å²) in [6.07, 6.45) is 10.5. The van der Waals surface area contributed by atoms with Gasteiger partial charge in [0.05, 0.1) is 6.54 Å². The molecule has 1 aliphatic carbocycles. The molecular formula is C25H38ClN3O. The number of aryl methyl sites for hydroxylation is 1. The first kappa shape index (κ1) is 23.1. The third kappa shape index (κ3) is 5.20. The average Bonchev–Trinajstić information content (AvgIpc) is 3.01. The molecule has 166 valence electrons. The van der Waals surface area contributed by atoms with E-state index in [1.165, 1.54) is 86.6 Å². The molecule has 1 aromatic heterocycles. The van der Waals surface area contributed by atoms with Gasteiger partial charge < -0.3 is 9.47 Å². The van der Waals surface area contributed by atoms with Crippen molar-refractivity contribution in [1.82, 2.24) is 14.4 Å². The van der Waals surface area contributed by atoms with Gasteiger partial charge in [-0.2, -0.15) is 0 Å². The van der Waals surface area contributed by atoms with E-state index < -0.39 is 0 Å². The number of carbonyl (C=O) groups excluding carboxylic acids is 1. The number of aromatic nitrogens is 1. The summed E-state index contributed by atoms with van der Waals surface area (Å²) in [6.45, 7) is 6.80. The monoisotopic (exact) mass is 431 g/mol. The van der Waals surface area contributed by atoms with Crippen molar-refractivity contribution in [3.05, 3.63) is 35.5 Å². The van der Waals surface area contributed by atoms with Crippen LogP contribution >= 0.6 is 12.4 Å². The summed E-state index contributed by atoms with van der Waals surface area (Å²) < 4.78 is 2.34. The standard InChI is InChI=1S/C25H37N3O.ClH/c1-20(29)28(17-21-11-5-3-6-12-21)19-25-23(18-27-15-9-4-10-16-27)22-13-7-8-14-24(22)26(25)2;/h7-8,13-14,21H,3-6,9-12,15-19H2,1-2H3;1H. The van der Waals surface area contributed by atoms with Crippen molar-refractivity contribution >= 4 is 29.2 Å². The summed E-state index contributed by atoms with van der Waals surface area (Å²) in [5.41, 5.74) is 4.04. The van der Waals surface area contributed by atoms with Crippen LogP contribution in [0.1, 0.15) is 69.5 Å². The quantitative estimate of drug-likeness (QED) is 0.602. The number of amides is 1. The number of nitrogens with zero attached hydrogens (tertiary/aromatic N) is 3. The second-order valence-corrected chi connectivity index (χ2v) is 9.24. The van der Waals surface area contributed by atoms with Gasteiger partial charge in [0.25, 0.3) is 0 Å². The van der Waals surface area contributed by atoms with Gasteiger partial charge in [0.2, 0.25) is 5.91 Å². The van der Waals surface area contributed by atoms with Gasteiger partial charge in [0.15, 0.2) is 0 Å². The number of hydrogen-bond donors (Lipinski definition) is 0. The van der Waals surface area contributed by atoms with Crippen LogP contribution in [0.3, 0.4) is 0 Å². The van der Waals surface area contributed by atoms with E-state index in [0.717, 1.165) is 19.6 Å². The normalized spacial score (nSPS) is 18.3. The van der Waals surface area contributed by atoms with Crippen LogP contribution in [0.4, 0.5) is 0 Å². The van der Waals surface area contributed by atoms with Crippen molar-refractivity contribution in [2.45, 2.75) is 71.4 Å². The van der Waals surface area contributed by atoms with E-state index in [1.807, 2.05) is 0 Å². The maximum Gasteiger partial charge on any atom is 0.219 e. The van der Waals surface area contributed by atoms with Gasteiger partial charge in [-0.1, -0.05) is 43.9 Å². The first-order valence-electron chi connectivity index (χ1n) is 11.7. The van der Waals surface area contributed by atoms with Gasteiger partial charge in [-0.15, -0.1) is 12.4 Å². The van der Waals surface area contributed by atoms with Crippen LogP contribution in [-0.2, 0) is 24.9 Å². The number of benzene rings is 1. The van der Waals surface area contributed by atoms with Crippen LogP contribution in [-0.4, -0.2) is 39.9 Å². The van der Waals surface area contributed by atoms with Crippen molar-refractivity contribution in [2.24, 2.45) is 13.0 Å². The van der Waals surface area contributed by atoms with Crippen LogP contribution in [0.25, 0.3) is 10.9 Å². The Morgan fingerprint density at radius 1 is 1.03 bits per heavy atom. The van der Waals surface area contributed by atoms with Gasteiger partial charge >= 0.3 is 0 Å². The minimum atomic E-state index is 0. The predicted molar refractivity (Wildman–Crippen MR) is 127 cm³/mol. The molecule has 0 unspecified atom stereocenters. The molecule has 0 radical (unpaired) electrons. The number of fused-ring (bicyclic) bond motifs is 1. The number of para-hydroxylation sites is 1. The van der Waals surface area contributed by atoms with Gasteiger partial charge in [0, 0.05) is 43.7 Å². The second-order valence-electron chi connectivity index (χ2n) is 9.24. The molecule has 2 fully saturated rings. The Labute approximate surface area is 188 Å². The largest absolute Gasteiger partial charge is 0.346 e. The highest BCUT2D eigenvalue weighted by molar-refractivity contribution is 5.86. The molecular weight excluding hydrogens is 394 g/mol. The van der Waals surface area contributed by atoms with Crippen molar-refractivity contribution in [2.75, 3.05) is 19.6 Å². The average molecular weight is 432 g/mol. The van der Waals surface area contributed by atoms with Crippen LogP contribution in [0.2, 0.25) is 0 Å². The Bertz CT molecular complexity index is 834. The molecule has 0 spiro atoms. The lowest BCUT2D eigenvalue weighted by molar-refractivity contribution is -0.130. The number of piperidine rings is 1. The number of rotatable bonds is 6. The molecule has 1 aliphatic heterocycles. The molecule has 1 saturated carbocycles. The number of halogens is 1. The fraction of sp³-hybridized carbons (Fsp3) is 0.640. The maximum absolute atomic E-state index is 12.6. The zero-order chi connectivity index (χ0) is 20.2. The molecule has 2 heterocycles. The van der Waals surface area contributed by atoms with Crippen LogP contribution in [0.5, 0.6) is 0 Å². The van der Waals surface area contributed by atoms with Crippen LogP contribution < -0.4 is 0 Å². The summed E-state index contributed by atoms with van der Waals surface area (Å²) in [6, 6.07) is 8.76. The Kier molecular flexibility index (Phi) is 8.24. The van der Waals surface area contributed by atoms with Gasteiger partial charge in [-0.05, 0) is 56.3 Å². The van der Waals surface area contributed by atoms with Crippen molar-refractivity contribution < 1.29 is 4.79 Å². The van der Waals surface area contributed by atoms with E-state index >= 15 is 0 Å². The first-order chi connectivity index (χ1) is 14.1. The number of carbonyl (C=O) groups is 1. The Morgan fingerprint density at radius 3 is 2.40 bits per heavy atom. The van der Waals surface area contributed by atoms with E-state index in [-0.39, 0.29) is 18.3 Å². The lowest BCUT2D eigenvalue weighted by Crippen LogP contribution is -2.35.